The molecule has 0 aliphatic carbocycles. The fraction of sp³-hybridized carbons (Fsp3) is 0.261. The number of hydrogen-bond acceptors (Lipinski definition) is 4. The van der Waals surface area contributed by atoms with E-state index in [2.05, 4.69) is 21.4 Å². The zero-order valence-electron chi connectivity index (χ0n) is 17.4. The van der Waals surface area contributed by atoms with Gasteiger partial charge in [0.15, 0.2) is 12.0 Å². The number of carbonyl (C=O) groups excluding carboxylic acids is 2. The van der Waals surface area contributed by atoms with E-state index in [1.54, 1.807) is 24.3 Å². The van der Waals surface area contributed by atoms with Crippen LogP contribution in [0.15, 0.2) is 48.5 Å². The lowest BCUT2D eigenvalue weighted by Crippen LogP contribution is -2.26. The summed E-state index contributed by atoms with van der Waals surface area (Å²) in [5.41, 5.74) is 4.12. The van der Waals surface area contributed by atoms with Gasteiger partial charge in [-0.05, 0) is 56.2 Å². The fourth-order valence-electron chi connectivity index (χ4n) is 3.34. The van der Waals surface area contributed by atoms with Crippen molar-refractivity contribution in [2.24, 2.45) is 0 Å². The second kappa shape index (κ2) is 9.59. The molecule has 1 amide bonds. The van der Waals surface area contributed by atoms with E-state index in [0.29, 0.717) is 41.5 Å². The van der Waals surface area contributed by atoms with E-state index in [0.717, 1.165) is 12.0 Å². The average Bonchev–Trinajstić information content (AvgIpc) is 3.11. The lowest BCUT2D eigenvalue weighted by molar-refractivity contribution is 0.0949. The molecule has 1 heterocycles. The number of aryl methyl sites for hydroxylation is 1. The predicted octanol–water partition coefficient (Wildman–Crippen LogP) is 4.08. The van der Waals surface area contributed by atoms with Gasteiger partial charge in [-0.25, -0.2) is 4.68 Å². The number of carbonyl (C=O) groups is 2. The van der Waals surface area contributed by atoms with E-state index in [9.17, 15) is 9.59 Å². The molecule has 1 N–H and O–H groups in total. The second-order valence-electron chi connectivity index (χ2n) is 7.09. The van der Waals surface area contributed by atoms with Crippen LogP contribution in [-0.4, -0.2) is 42.1 Å². The van der Waals surface area contributed by atoms with Gasteiger partial charge in [0.05, 0.1) is 5.69 Å². The fourth-order valence-corrected chi connectivity index (χ4v) is 3.52. The summed E-state index contributed by atoms with van der Waals surface area (Å²) in [6, 6.07) is 15.2. The van der Waals surface area contributed by atoms with Crippen molar-refractivity contribution in [3.63, 3.8) is 0 Å². The van der Waals surface area contributed by atoms with Gasteiger partial charge in [0, 0.05) is 36.4 Å². The predicted molar refractivity (Wildman–Crippen MR) is 120 cm³/mol. The average molecular weight is 425 g/mol. The number of aldehydes is 1. The van der Waals surface area contributed by atoms with Crippen molar-refractivity contribution >= 4 is 29.5 Å². The first-order chi connectivity index (χ1) is 14.4. The molecule has 0 spiro atoms. The largest absolute Gasteiger partial charge is 0.374 e. The number of amides is 1. The minimum absolute atomic E-state index is 0.261. The van der Waals surface area contributed by atoms with Crippen LogP contribution in [0.3, 0.4) is 0 Å². The van der Waals surface area contributed by atoms with Crippen molar-refractivity contribution in [1.29, 1.82) is 0 Å². The Morgan fingerprint density at radius 1 is 1.23 bits per heavy atom. The van der Waals surface area contributed by atoms with E-state index >= 15 is 0 Å². The van der Waals surface area contributed by atoms with Crippen LogP contribution in [0.2, 0.25) is 5.02 Å². The first-order valence-electron chi connectivity index (χ1n) is 9.83. The maximum atomic E-state index is 12.7. The molecular weight excluding hydrogens is 400 g/mol. The summed E-state index contributed by atoms with van der Waals surface area (Å²) in [4.78, 5) is 26.8. The lowest BCUT2D eigenvalue weighted by atomic mass is 10.1. The van der Waals surface area contributed by atoms with Crippen LogP contribution < -0.4 is 10.2 Å². The van der Waals surface area contributed by atoms with Gasteiger partial charge < -0.3 is 10.2 Å². The van der Waals surface area contributed by atoms with E-state index in [-0.39, 0.29) is 11.6 Å². The molecule has 6 nitrogen and oxygen atoms in total. The number of aromatic nitrogens is 2. The Bertz CT molecular complexity index is 1060. The maximum Gasteiger partial charge on any atom is 0.272 e. The summed E-state index contributed by atoms with van der Waals surface area (Å²) in [7, 11) is 1.99. The molecule has 7 heteroatoms. The molecule has 2 aromatic carbocycles. The standard InChI is InChI=1S/C23H25ClN4O2/c1-4-25-23(30)22-20(11-12-27(3)18-9-5-7-16(2)13-18)21(15-29)28(26-22)19-10-6-8-17(24)14-19/h5-10,13-15H,4,11-12H2,1-3H3,(H,25,30). The number of rotatable bonds is 8. The van der Waals surface area contributed by atoms with Crippen LogP contribution in [0.5, 0.6) is 0 Å². The number of nitrogens with one attached hydrogen (secondary N) is 1. The summed E-state index contributed by atoms with van der Waals surface area (Å²) in [5, 5.41) is 7.79. The molecule has 0 aliphatic heterocycles. The number of benzene rings is 2. The number of anilines is 1. The molecule has 0 aliphatic rings. The van der Waals surface area contributed by atoms with Gasteiger partial charge in [0.25, 0.3) is 5.91 Å². The van der Waals surface area contributed by atoms with Crippen molar-refractivity contribution in [2.45, 2.75) is 20.3 Å². The van der Waals surface area contributed by atoms with E-state index in [4.69, 9.17) is 11.6 Å². The van der Waals surface area contributed by atoms with E-state index < -0.39 is 0 Å². The van der Waals surface area contributed by atoms with Crippen molar-refractivity contribution in [3.8, 4) is 5.69 Å². The molecule has 156 valence electrons. The highest BCUT2D eigenvalue weighted by Crippen LogP contribution is 2.22. The van der Waals surface area contributed by atoms with E-state index in [1.165, 1.54) is 10.2 Å². The van der Waals surface area contributed by atoms with Crippen LogP contribution in [-0.2, 0) is 6.42 Å². The third-order valence-electron chi connectivity index (χ3n) is 4.88. The molecule has 0 unspecified atom stereocenters. The van der Waals surface area contributed by atoms with E-state index in [1.807, 2.05) is 39.1 Å². The molecule has 0 saturated heterocycles. The molecule has 0 bridgehead atoms. The van der Waals surface area contributed by atoms with Crippen LogP contribution >= 0.6 is 11.6 Å². The van der Waals surface area contributed by atoms with Crippen LogP contribution in [0.25, 0.3) is 5.69 Å². The summed E-state index contributed by atoms with van der Waals surface area (Å²) < 4.78 is 1.49. The van der Waals surface area contributed by atoms with Crippen molar-refractivity contribution < 1.29 is 9.59 Å². The highest BCUT2D eigenvalue weighted by Gasteiger charge is 2.23. The lowest BCUT2D eigenvalue weighted by Gasteiger charge is -2.20. The monoisotopic (exact) mass is 424 g/mol. The van der Waals surface area contributed by atoms with Crippen LogP contribution in [0.1, 0.15) is 39.0 Å². The maximum absolute atomic E-state index is 12.7. The third-order valence-corrected chi connectivity index (χ3v) is 5.11. The third kappa shape index (κ3) is 4.71. The molecule has 0 radical (unpaired) electrons. The number of hydrogen-bond donors (Lipinski definition) is 1. The zero-order valence-corrected chi connectivity index (χ0v) is 18.1. The van der Waals surface area contributed by atoms with Gasteiger partial charge in [0.1, 0.15) is 5.69 Å². The Hall–Kier alpha value is -3.12. The normalized spacial score (nSPS) is 10.7. The van der Waals surface area contributed by atoms with Crippen molar-refractivity contribution in [3.05, 3.63) is 76.1 Å². The molecule has 30 heavy (non-hydrogen) atoms. The Morgan fingerprint density at radius 2 is 2.00 bits per heavy atom. The zero-order chi connectivity index (χ0) is 21.7. The molecule has 3 aromatic rings. The molecule has 0 atom stereocenters. The summed E-state index contributed by atoms with van der Waals surface area (Å²) in [5.74, 6) is -0.297. The minimum atomic E-state index is -0.297. The first kappa shape index (κ1) is 21.6. The van der Waals surface area contributed by atoms with Gasteiger partial charge >= 0.3 is 0 Å². The molecule has 3 rings (SSSR count). The Morgan fingerprint density at radius 3 is 2.67 bits per heavy atom. The summed E-state index contributed by atoms with van der Waals surface area (Å²) >= 11 is 6.12. The SMILES string of the molecule is CCNC(=O)c1nn(-c2cccc(Cl)c2)c(C=O)c1CCN(C)c1cccc(C)c1. The molecule has 0 fully saturated rings. The van der Waals surface area contributed by atoms with Crippen LogP contribution in [0, 0.1) is 6.92 Å². The topological polar surface area (TPSA) is 67.2 Å². The minimum Gasteiger partial charge on any atom is -0.374 e. The van der Waals surface area contributed by atoms with Crippen molar-refractivity contribution in [2.75, 3.05) is 25.0 Å². The smallest absolute Gasteiger partial charge is 0.272 e. The van der Waals surface area contributed by atoms with Gasteiger partial charge in [-0.2, -0.15) is 5.10 Å². The quantitative estimate of drug-likeness (QED) is 0.553. The summed E-state index contributed by atoms with van der Waals surface area (Å²) in [6.07, 6.45) is 1.24. The molecule has 1 aromatic heterocycles. The number of halogens is 1. The molecule has 0 saturated carbocycles. The molecular formula is C23H25ClN4O2. The summed E-state index contributed by atoms with van der Waals surface area (Å²) in [6.45, 7) is 4.99. The van der Waals surface area contributed by atoms with Crippen LogP contribution in [0.4, 0.5) is 5.69 Å². The highest BCUT2D eigenvalue weighted by atomic mass is 35.5. The van der Waals surface area contributed by atoms with Gasteiger partial charge in [0.2, 0.25) is 0 Å². The number of nitrogens with zero attached hydrogens (tertiary/aromatic N) is 3. The Labute approximate surface area is 181 Å². The second-order valence-corrected chi connectivity index (χ2v) is 7.53. The Kier molecular flexibility index (Phi) is 6.90. The number of likely N-dealkylation sites (N-methyl/N-ethyl adjacent to an activating group) is 1. The highest BCUT2D eigenvalue weighted by molar-refractivity contribution is 6.30. The van der Waals surface area contributed by atoms with Gasteiger partial charge in [-0.15, -0.1) is 0 Å². The van der Waals surface area contributed by atoms with Gasteiger partial charge in [-0.1, -0.05) is 29.8 Å². The Balaban J connectivity index is 1.98. The van der Waals surface area contributed by atoms with Gasteiger partial charge in [-0.3, -0.25) is 9.59 Å². The first-order valence-corrected chi connectivity index (χ1v) is 10.2. The van der Waals surface area contributed by atoms with Crippen molar-refractivity contribution in [1.82, 2.24) is 15.1 Å².